The second-order valence-electron chi connectivity index (χ2n) is 7.11. The number of rotatable bonds is 3. The number of hydrogen-bond acceptors (Lipinski definition) is 4. The summed E-state index contributed by atoms with van der Waals surface area (Å²) in [6, 6.07) is 3.76. The third-order valence-corrected chi connectivity index (χ3v) is 4.50. The Morgan fingerprint density at radius 3 is 2.50 bits per heavy atom. The lowest BCUT2D eigenvalue weighted by Crippen LogP contribution is -2.54. The Bertz CT molecular complexity index is 489. The molecule has 0 unspecified atom stereocenters. The number of carbonyl (C=O) groups excluding carboxylic acids is 1. The average Bonchev–Trinajstić information content (AvgIpc) is 3.03. The number of nitrogens with zero attached hydrogens (tertiary/aromatic N) is 1. The maximum absolute atomic E-state index is 12.3. The van der Waals surface area contributed by atoms with E-state index < -0.39 is 5.79 Å². The highest BCUT2D eigenvalue weighted by Crippen LogP contribution is 2.36. The molecule has 0 N–H and O–H groups in total. The quantitative estimate of drug-likeness (QED) is 0.861. The molecule has 5 nitrogen and oxygen atoms in total. The molecule has 1 spiro atoms. The van der Waals surface area contributed by atoms with Crippen LogP contribution in [0.4, 0.5) is 0 Å². The molecule has 1 aromatic heterocycles. The number of hydrogen-bond donors (Lipinski definition) is 0. The minimum absolute atomic E-state index is 0.0846. The monoisotopic (exact) mass is 307 g/mol. The van der Waals surface area contributed by atoms with Gasteiger partial charge in [-0.3, -0.25) is 4.79 Å². The SMILES string of the molecule is CC1(C)COC2(CCN(C(=O)CCc3ccco3)CC2)OC1. The third kappa shape index (κ3) is 3.52. The van der Waals surface area contributed by atoms with Crippen LogP contribution >= 0.6 is 0 Å². The van der Waals surface area contributed by atoms with Gasteiger partial charge >= 0.3 is 0 Å². The zero-order valence-corrected chi connectivity index (χ0v) is 13.5. The predicted molar refractivity (Wildman–Crippen MR) is 81.3 cm³/mol. The molecular formula is C17H25NO4. The summed E-state index contributed by atoms with van der Waals surface area (Å²) in [4.78, 5) is 14.2. The standard InChI is InChI=1S/C17H25NO4/c1-16(2)12-21-17(22-13-16)7-9-18(10-8-17)15(19)6-5-14-4-3-11-20-14/h3-4,11H,5-10,12-13H2,1-2H3. The smallest absolute Gasteiger partial charge is 0.223 e. The summed E-state index contributed by atoms with van der Waals surface area (Å²) in [6.45, 7) is 7.15. The topological polar surface area (TPSA) is 51.9 Å². The van der Waals surface area contributed by atoms with Crippen LogP contribution in [0.25, 0.3) is 0 Å². The van der Waals surface area contributed by atoms with E-state index in [-0.39, 0.29) is 11.3 Å². The lowest BCUT2D eigenvalue weighted by atomic mass is 9.92. The van der Waals surface area contributed by atoms with Crippen molar-refractivity contribution in [2.24, 2.45) is 5.41 Å². The first-order chi connectivity index (χ1) is 10.5. The lowest BCUT2D eigenvalue weighted by molar-refractivity contribution is -0.311. The Labute approximate surface area is 131 Å². The van der Waals surface area contributed by atoms with Crippen LogP contribution < -0.4 is 0 Å². The summed E-state index contributed by atoms with van der Waals surface area (Å²) < 4.78 is 17.3. The van der Waals surface area contributed by atoms with Crippen molar-refractivity contribution in [3.05, 3.63) is 24.2 Å². The van der Waals surface area contributed by atoms with E-state index in [0.717, 1.165) is 31.8 Å². The average molecular weight is 307 g/mol. The van der Waals surface area contributed by atoms with Crippen LogP contribution in [0.2, 0.25) is 0 Å². The van der Waals surface area contributed by atoms with E-state index in [9.17, 15) is 4.79 Å². The van der Waals surface area contributed by atoms with Crippen molar-refractivity contribution in [1.29, 1.82) is 0 Å². The predicted octanol–water partition coefficient (Wildman–Crippen LogP) is 2.60. The molecule has 1 aromatic rings. The van der Waals surface area contributed by atoms with Crippen LogP contribution in [0.5, 0.6) is 0 Å². The molecule has 122 valence electrons. The van der Waals surface area contributed by atoms with Gasteiger partial charge in [-0.15, -0.1) is 0 Å². The van der Waals surface area contributed by atoms with Gasteiger partial charge in [-0.2, -0.15) is 0 Å². The van der Waals surface area contributed by atoms with Gasteiger partial charge in [0.1, 0.15) is 5.76 Å². The van der Waals surface area contributed by atoms with Gasteiger partial charge in [0.2, 0.25) is 5.91 Å². The van der Waals surface area contributed by atoms with E-state index >= 15 is 0 Å². The molecule has 1 amide bonds. The molecule has 3 rings (SSSR count). The second-order valence-corrected chi connectivity index (χ2v) is 7.11. The summed E-state index contributed by atoms with van der Waals surface area (Å²) in [5, 5.41) is 0. The summed E-state index contributed by atoms with van der Waals surface area (Å²) in [6.07, 6.45) is 4.32. The molecule has 0 aliphatic carbocycles. The van der Waals surface area contributed by atoms with E-state index in [2.05, 4.69) is 13.8 Å². The molecular weight excluding hydrogens is 282 g/mol. The summed E-state index contributed by atoms with van der Waals surface area (Å²) in [7, 11) is 0. The van der Waals surface area contributed by atoms with Gasteiger partial charge in [0.05, 0.1) is 19.5 Å². The number of aryl methyl sites for hydroxylation is 1. The van der Waals surface area contributed by atoms with E-state index in [0.29, 0.717) is 25.9 Å². The largest absolute Gasteiger partial charge is 0.469 e. The Morgan fingerprint density at radius 2 is 1.91 bits per heavy atom. The molecule has 0 atom stereocenters. The summed E-state index contributed by atoms with van der Waals surface area (Å²) in [5.74, 6) is 0.582. The van der Waals surface area contributed by atoms with Gasteiger partial charge in [-0.25, -0.2) is 0 Å². The maximum atomic E-state index is 12.3. The molecule has 2 saturated heterocycles. The van der Waals surface area contributed by atoms with Crippen molar-refractivity contribution in [1.82, 2.24) is 4.90 Å². The van der Waals surface area contributed by atoms with E-state index in [1.807, 2.05) is 17.0 Å². The lowest BCUT2D eigenvalue weighted by Gasteiger charge is -2.47. The first-order valence-electron chi connectivity index (χ1n) is 8.06. The van der Waals surface area contributed by atoms with Gasteiger partial charge in [0.25, 0.3) is 0 Å². The van der Waals surface area contributed by atoms with Gasteiger partial charge in [0, 0.05) is 44.2 Å². The molecule has 2 fully saturated rings. The van der Waals surface area contributed by atoms with Crippen molar-refractivity contribution in [2.75, 3.05) is 26.3 Å². The van der Waals surface area contributed by atoms with Crippen LogP contribution in [-0.2, 0) is 20.7 Å². The highest BCUT2D eigenvalue weighted by Gasteiger charge is 2.43. The van der Waals surface area contributed by atoms with Crippen LogP contribution in [-0.4, -0.2) is 42.9 Å². The van der Waals surface area contributed by atoms with Crippen LogP contribution in [0.1, 0.15) is 38.9 Å². The maximum Gasteiger partial charge on any atom is 0.223 e. The third-order valence-electron chi connectivity index (χ3n) is 4.50. The molecule has 0 radical (unpaired) electrons. The first kappa shape index (κ1) is 15.6. The van der Waals surface area contributed by atoms with E-state index in [1.54, 1.807) is 6.26 Å². The molecule has 0 bridgehead atoms. The second kappa shape index (κ2) is 6.05. The van der Waals surface area contributed by atoms with Gasteiger partial charge in [-0.1, -0.05) is 13.8 Å². The molecule has 2 aliphatic heterocycles. The number of furan rings is 1. The Balaban J connectivity index is 1.46. The van der Waals surface area contributed by atoms with Crippen molar-refractivity contribution in [3.8, 4) is 0 Å². The minimum atomic E-state index is -0.465. The Kier molecular flexibility index (Phi) is 4.28. The highest BCUT2D eigenvalue weighted by atomic mass is 16.7. The van der Waals surface area contributed by atoms with Gasteiger partial charge < -0.3 is 18.8 Å². The zero-order valence-electron chi connectivity index (χ0n) is 13.5. The number of piperidine rings is 1. The Morgan fingerprint density at radius 1 is 1.23 bits per heavy atom. The fraction of sp³-hybridized carbons (Fsp3) is 0.706. The normalized spacial score (nSPS) is 23.6. The molecule has 0 saturated carbocycles. The molecule has 0 aromatic carbocycles. The molecule has 5 heteroatoms. The fourth-order valence-corrected chi connectivity index (χ4v) is 2.97. The number of carbonyl (C=O) groups is 1. The zero-order chi connectivity index (χ0) is 15.6. The van der Waals surface area contributed by atoms with Gasteiger partial charge in [-0.05, 0) is 12.1 Å². The first-order valence-corrected chi connectivity index (χ1v) is 8.06. The minimum Gasteiger partial charge on any atom is -0.469 e. The number of ether oxygens (including phenoxy) is 2. The van der Waals surface area contributed by atoms with E-state index in [4.69, 9.17) is 13.9 Å². The highest BCUT2D eigenvalue weighted by molar-refractivity contribution is 5.76. The fourth-order valence-electron chi connectivity index (χ4n) is 2.97. The van der Waals surface area contributed by atoms with Crippen LogP contribution in [0.3, 0.4) is 0 Å². The van der Waals surface area contributed by atoms with Crippen molar-refractivity contribution >= 4 is 5.91 Å². The van der Waals surface area contributed by atoms with Crippen molar-refractivity contribution in [3.63, 3.8) is 0 Å². The molecule has 22 heavy (non-hydrogen) atoms. The van der Waals surface area contributed by atoms with Crippen LogP contribution in [0.15, 0.2) is 22.8 Å². The van der Waals surface area contributed by atoms with E-state index in [1.165, 1.54) is 0 Å². The summed E-state index contributed by atoms with van der Waals surface area (Å²) in [5.41, 5.74) is 0.0846. The van der Waals surface area contributed by atoms with Gasteiger partial charge in [0.15, 0.2) is 5.79 Å². The Hall–Kier alpha value is -1.33. The van der Waals surface area contributed by atoms with Crippen LogP contribution in [0, 0.1) is 5.41 Å². The van der Waals surface area contributed by atoms with Crippen molar-refractivity contribution < 1.29 is 18.7 Å². The molecule has 3 heterocycles. The number of likely N-dealkylation sites (tertiary alicyclic amines) is 1. The van der Waals surface area contributed by atoms with Crippen molar-refractivity contribution in [2.45, 2.75) is 45.3 Å². The number of amides is 1. The summed E-state index contributed by atoms with van der Waals surface area (Å²) >= 11 is 0. The molecule has 2 aliphatic rings.